The monoisotopic (exact) mass is 322 g/mol. The molecule has 0 radical (unpaired) electrons. The Morgan fingerprint density at radius 2 is 1.87 bits per heavy atom. The van der Waals surface area contributed by atoms with Crippen LogP contribution in [0.1, 0.15) is 26.7 Å². The minimum Gasteiger partial charge on any atom is -0.493 e. The minimum atomic E-state index is -0.788. The molecule has 4 N–H and O–H groups in total. The molecular formula is C17H26N2O4. The highest BCUT2D eigenvalue weighted by molar-refractivity contribution is 5.74. The van der Waals surface area contributed by atoms with Gasteiger partial charge in [-0.05, 0) is 38.8 Å². The van der Waals surface area contributed by atoms with Crippen molar-refractivity contribution in [3.05, 3.63) is 30.3 Å². The molecule has 6 nitrogen and oxygen atoms in total. The maximum atomic E-state index is 11.8. The first-order valence-electron chi connectivity index (χ1n) is 7.98. The van der Waals surface area contributed by atoms with Crippen molar-refractivity contribution in [2.75, 3.05) is 13.2 Å². The van der Waals surface area contributed by atoms with Crippen LogP contribution >= 0.6 is 0 Å². The number of aliphatic hydroxyl groups excluding tert-OH is 2. The van der Waals surface area contributed by atoms with E-state index < -0.39 is 17.6 Å². The Kier molecular flexibility index (Phi) is 5.85. The average Bonchev–Trinajstić information content (AvgIpc) is 2.79. The standard InChI is InChI=1S/C17H26N2O4/c1-12(2)19-16(22)18-10-17(8-14(20)15(21)9-17)11-23-13-6-4-3-5-7-13/h3-7,12,14-15,20-21H,8-11H2,1-2H3,(H2,18,19,22)/t14-,15+,17?. The number of hydrogen-bond donors (Lipinski definition) is 4. The van der Waals surface area contributed by atoms with Gasteiger partial charge in [-0.15, -0.1) is 0 Å². The smallest absolute Gasteiger partial charge is 0.315 e. The number of aliphatic hydroxyl groups is 2. The van der Waals surface area contributed by atoms with Gasteiger partial charge in [-0.2, -0.15) is 0 Å². The number of nitrogens with one attached hydrogen (secondary N) is 2. The summed E-state index contributed by atoms with van der Waals surface area (Å²) in [6.45, 7) is 4.44. The number of rotatable bonds is 6. The summed E-state index contributed by atoms with van der Waals surface area (Å²) in [4.78, 5) is 11.8. The van der Waals surface area contributed by atoms with Crippen LogP contribution in [0.4, 0.5) is 4.79 Å². The second kappa shape index (κ2) is 7.66. The summed E-state index contributed by atoms with van der Waals surface area (Å²) in [7, 11) is 0. The van der Waals surface area contributed by atoms with Crippen molar-refractivity contribution in [3.8, 4) is 5.75 Å². The van der Waals surface area contributed by atoms with E-state index in [9.17, 15) is 15.0 Å². The number of ether oxygens (including phenoxy) is 1. The molecule has 1 aliphatic carbocycles. The van der Waals surface area contributed by atoms with Gasteiger partial charge in [0.2, 0.25) is 0 Å². The van der Waals surface area contributed by atoms with Gasteiger partial charge in [0.25, 0.3) is 0 Å². The number of carbonyl (C=O) groups excluding carboxylic acids is 1. The molecule has 23 heavy (non-hydrogen) atoms. The lowest BCUT2D eigenvalue weighted by atomic mass is 9.86. The van der Waals surface area contributed by atoms with Crippen LogP contribution in [0, 0.1) is 5.41 Å². The van der Waals surface area contributed by atoms with Crippen molar-refractivity contribution in [2.24, 2.45) is 5.41 Å². The van der Waals surface area contributed by atoms with Gasteiger partial charge < -0.3 is 25.6 Å². The van der Waals surface area contributed by atoms with Gasteiger partial charge in [0.05, 0.1) is 18.8 Å². The van der Waals surface area contributed by atoms with Crippen LogP contribution in [0.3, 0.4) is 0 Å². The van der Waals surface area contributed by atoms with E-state index in [0.29, 0.717) is 26.0 Å². The third-order valence-corrected chi connectivity index (χ3v) is 4.06. The predicted molar refractivity (Wildman–Crippen MR) is 87.3 cm³/mol. The van der Waals surface area contributed by atoms with E-state index in [4.69, 9.17) is 4.74 Å². The molecule has 1 unspecified atom stereocenters. The zero-order valence-corrected chi connectivity index (χ0v) is 13.7. The van der Waals surface area contributed by atoms with Gasteiger partial charge in [-0.25, -0.2) is 4.79 Å². The molecule has 0 spiro atoms. The zero-order chi connectivity index (χ0) is 16.9. The Labute approximate surface area is 136 Å². The first-order valence-corrected chi connectivity index (χ1v) is 7.98. The molecule has 0 heterocycles. The second-order valence-electron chi connectivity index (χ2n) is 6.63. The van der Waals surface area contributed by atoms with Gasteiger partial charge in [-0.1, -0.05) is 18.2 Å². The third-order valence-electron chi connectivity index (χ3n) is 4.06. The highest BCUT2D eigenvalue weighted by atomic mass is 16.5. The Balaban J connectivity index is 1.97. The Bertz CT molecular complexity index is 497. The third kappa shape index (κ3) is 5.11. The van der Waals surface area contributed by atoms with E-state index in [1.807, 2.05) is 44.2 Å². The van der Waals surface area contributed by atoms with Crippen LogP contribution in [0.5, 0.6) is 5.75 Å². The molecule has 1 aliphatic rings. The number of para-hydroxylation sites is 1. The van der Waals surface area contributed by atoms with Crippen molar-refractivity contribution in [2.45, 2.75) is 44.9 Å². The van der Waals surface area contributed by atoms with E-state index >= 15 is 0 Å². The van der Waals surface area contributed by atoms with Crippen LogP contribution in [-0.4, -0.2) is 47.6 Å². The van der Waals surface area contributed by atoms with Crippen LogP contribution in [0.25, 0.3) is 0 Å². The van der Waals surface area contributed by atoms with Crippen LogP contribution in [0.2, 0.25) is 0 Å². The summed E-state index contributed by atoms with van der Waals surface area (Å²) in [5.74, 6) is 0.731. The number of amides is 2. The van der Waals surface area contributed by atoms with E-state index in [0.717, 1.165) is 5.75 Å². The lowest BCUT2D eigenvalue weighted by molar-refractivity contribution is 0.0438. The molecule has 2 rings (SSSR count). The molecule has 6 heteroatoms. The summed E-state index contributed by atoms with van der Waals surface area (Å²) in [6.07, 6.45) is -0.792. The van der Waals surface area contributed by atoms with E-state index in [-0.39, 0.29) is 12.1 Å². The number of carbonyl (C=O) groups is 1. The SMILES string of the molecule is CC(C)NC(=O)NCC1(COc2ccccc2)C[C@@H](O)[C@@H](O)C1. The van der Waals surface area contributed by atoms with Crippen molar-refractivity contribution in [3.63, 3.8) is 0 Å². The fraction of sp³-hybridized carbons (Fsp3) is 0.588. The number of urea groups is 1. The average molecular weight is 322 g/mol. The summed E-state index contributed by atoms with van der Waals surface area (Å²) < 4.78 is 5.81. The largest absolute Gasteiger partial charge is 0.493 e. The molecular weight excluding hydrogens is 296 g/mol. The molecule has 0 saturated heterocycles. The summed E-state index contributed by atoms with van der Waals surface area (Å²) in [5.41, 5.74) is -0.483. The Hall–Kier alpha value is -1.79. The molecule has 3 atom stereocenters. The normalized spacial score (nSPS) is 27.0. The summed E-state index contributed by atoms with van der Waals surface area (Å²) >= 11 is 0. The first kappa shape index (κ1) is 17.6. The van der Waals surface area contributed by atoms with Gasteiger partial charge >= 0.3 is 6.03 Å². The fourth-order valence-electron chi connectivity index (χ4n) is 2.89. The van der Waals surface area contributed by atoms with Crippen molar-refractivity contribution >= 4 is 6.03 Å². The zero-order valence-electron chi connectivity index (χ0n) is 13.7. The first-order chi connectivity index (χ1) is 10.9. The Morgan fingerprint density at radius 3 is 2.43 bits per heavy atom. The fourth-order valence-corrected chi connectivity index (χ4v) is 2.89. The van der Waals surface area contributed by atoms with Crippen LogP contribution in [-0.2, 0) is 0 Å². The minimum absolute atomic E-state index is 0.0475. The lowest BCUT2D eigenvalue weighted by Gasteiger charge is -2.29. The van der Waals surface area contributed by atoms with Crippen molar-refractivity contribution in [1.82, 2.24) is 10.6 Å². The van der Waals surface area contributed by atoms with Crippen LogP contribution < -0.4 is 15.4 Å². The maximum Gasteiger partial charge on any atom is 0.315 e. The van der Waals surface area contributed by atoms with Gasteiger partial charge in [0, 0.05) is 18.0 Å². The molecule has 2 amide bonds. The van der Waals surface area contributed by atoms with Gasteiger partial charge in [-0.3, -0.25) is 0 Å². The topological polar surface area (TPSA) is 90.8 Å². The summed E-state index contributed by atoms with van der Waals surface area (Å²) in [6, 6.07) is 9.18. The molecule has 0 bridgehead atoms. The van der Waals surface area contributed by atoms with E-state index in [1.54, 1.807) is 0 Å². The van der Waals surface area contributed by atoms with Crippen molar-refractivity contribution in [1.29, 1.82) is 0 Å². The van der Waals surface area contributed by atoms with Crippen molar-refractivity contribution < 1.29 is 19.7 Å². The molecule has 128 valence electrons. The molecule has 0 aromatic heterocycles. The molecule has 1 aromatic carbocycles. The molecule has 1 fully saturated rings. The van der Waals surface area contributed by atoms with Crippen LogP contribution in [0.15, 0.2) is 30.3 Å². The quantitative estimate of drug-likeness (QED) is 0.635. The molecule has 1 saturated carbocycles. The van der Waals surface area contributed by atoms with Gasteiger partial charge in [0.1, 0.15) is 5.75 Å². The van der Waals surface area contributed by atoms with E-state index in [1.165, 1.54) is 0 Å². The highest BCUT2D eigenvalue weighted by Gasteiger charge is 2.45. The molecule has 1 aromatic rings. The Morgan fingerprint density at radius 1 is 1.26 bits per heavy atom. The highest BCUT2D eigenvalue weighted by Crippen LogP contribution is 2.38. The predicted octanol–water partition coefficient (Wildman–Crippen LogP) is 1.27. The van der Waals surface area contributed by atoms with E-state index in [2.05, 4.69) is 10.6 Å². The number of hydrogen-bond acceptors (Lipinski definition) is 4. The molecule has 0 aliphatic heterocycles. The second-order valence-corrected chi connectivity index (χ2v) is 6.63. The lowest BCUT2D eigenvalue weighted by Crippen LogP contribution is -2.46. The maximum absolute atomic E-state index is 11.8. The summed E-state index contributed by atoms with van der Waals surface area (Å²) in [5, 5.41) is 25.4. The number of benzene rings is 1. The van der Waals surface area contributed by atoms with Gasteiger partial charge in [0.15, 0.2) is 0 Å².